The Hall–Kier alpha value is -0.730. The van der Waals surface area contributed by atoms with Gasteiger partial charge in [0.05, 0.1) is 6.10 Å². The third-order valence-corrected chi connectivity index (χ3v) is 3.41. The van der Waals surface area contributed by atoms with E-state index in [0.717, 1.165) is 35.8 Å². The van der Waals surface area contributed by atoms with Crippen molar-refractivity contribution in [1.29, 1.82) is 0 Å². The molecule has 0 unspecified atom stereocenters. The van der Waals surface area contributed by atoms with Crippen LogP contribution in [0.25, 0.3) is 0 Å². The summed E-state index contributed by atoms with van der Waals surface area (Å²) in [5, 5.41) is 0.735. The molecule has 18 heavy (non-hydrogen) atoms. The highest BCUT2D eigenvalue weighted by Gasteiger charge is 2.14. The number of aryl methyl sites for hydroxylation is 1. The van der Waals surface area contributed by atoms with Crippen LogP contribution in [0.1, 0.15) is 39.2 Å². The molecule has 0 saturated heterocycles. The summed E-state index contributed by atoms with van der Waals surface area (Å²) in [4.78, 5) is 0. The Morgan fingerprint density at radius 2 is 1.94 bits per heavy atom. The minimum absolute atomic E-state index is 0.0145. The molecular weight excluding hydrogens is 248 g/mol. The fraction of sp³-hybridized carbons (Fsp3) is 0.600. The summed E-state index contributed by atoms with van der Waals surface area (Å²) < 4.78 is 11.5. The van der Waals surface area contributed by atoms with Crippen molar-refractivity contribution in [1.82, 2.24) is 0 Å². The van der Waals surface area contributed by atoms with Crippen LogP contribution in [-0.4, -0.2) is 18.8 Å². The van der Waals surface area contributed by atoms with Gasteiger partial charge in [-0.2, -0.15) is 0 Å². The summed E-state index contributed by atoms with van der Waals surface area (Å²) >= 11 is 6.07. The van der Waals surface area contributed by atoms with Crippen LogP contribution in [0.3, 0.4) is 0 Å². The topological polar surface area (TPSA) is 18.5 Å². The standard InChI is InChI=1S/C15H23ClO2/c1-5-6-9-17-12(3)13(4)18-14-8-7-11(2)15(16)10-14/h7-8,10,12-13H,5-6,9H2,1-4H3/t12-,13+/m0/s1. The highest BCUT2D eigenvalue weighted by molar-refractivity contribution is 6.31. The Bertz CT molecular complexity index is 366. The summed E-state index contributed by atoms with van der Waals surface area (Å²) in [5.41, 5.74) is 1.06. The Morgan fingerprint density at radius 1 is 1.22 bits per heavy atom. The van der Waals surface area contributed by atoms with E-state index < -0.39 is 0 Å². The first kappa shape index (κ1) is 15.3. The molecule has 0 aromatic heterocycles. The summed E-state index contributed by atoms with van der Waals surface area (Å²) in [5.74, 6) is 0.795. The second kappa shape index (κ2) is 7.65. The molecule has 0 radical (unpaired) electrons. The molecule has 102 valence electrons. The molecule has 0 N–H and O–H groups in total. The molecule has 0 aliphatic heterocycles. The van der Waals surface area contributed by atoms with Crippen LogP contribution in [0.5, 0.6) is 5.75 Å². The quantitative estimate of drug-likeness (QED) is 0.673. The second-order valence-electron chi connectivity index (χ2n) is 4.66. The van der Waals surface area contributed by atoms with Gasteiger partial charge >= 0.3 is 0 Å². The molecule has 2 atom stereocenters. The van der Waals surface area contributed by atoms with Crippen LogP contribution in [0.4, 0.5) is 0 Å². The molecule has 0 aliphatic rings. The van der Waals surface area contributed by atoms with Gasteiger partial charge in [0.2, 0.25) is 0 Å². The summed E-state index contributed by atoms with van der Waals surface area (Å²) in [6, 6.07) is 5.76. The fourth-order valence-corrected chi connectivity index (χ4v) is 1.68. The molecule has 0 fully saturated rings. The predicted molar refractivity (Wildman–Crippen MR) is 76.6 cm³/mol. The highest BCUT2D eigenvalue weighted by Crippen LogP contribution is 2.23. The zero-order chi connectivity index (χ0) is 13.5. The molecule has 2 nitrogen and oxygen atoms in total. The number of ether oxygens (including phenoxy) is 2. The average molecular weight is 271 g/mol. The Balaban J connectivity index is 2.47. The number of rotatable bonds is 7. The van der Waals surface area contributed by atoms with Gasteiger partial charge < -0.3 is 9.47 Å². The molecule has 3 heteroatoms. The van der Waals surface area contributed by atoms with Crippen LogP contribution < -0.4 is 4.74 Å². The van der Waals surface area contributed by atoms with E-state index in [1.807, 2.05) is 39.0 Å². The highest BCUT2D eigenvalue weighted by atomic mass is 35.5. The van der Waals surface area contributed by atoms with Gasteiger partial charge in [0.15, 0.2) is 0 Å². The number of benzene rings is 1. The van der Waals surface area contributed by atoms with Crippen molar-refractivity contribution in [2.75, 3.05) is 6.61 Å². The molecule has 0 amide bonds. The number of halogens is 1. The van der Waals surface area contributed by atoms with E-state index in [4.69, 9.17) is 21.1 Å². The summed E-state index contributed by atoms with van der Waals surface area (Å²) in [6.45, 7) is 8.98. The van der Waals surface area contributed by atoms with Crippen molar-refractivity contribution < 1.29 is 9.47 Å². The van der Waals surface area contributed by atoms with Crippen LogP contribution in [0.15, 0.2) is 18.2 Å². The normalized spacial score (nSPS) is 14.3. The van der Waals surface area contributed by atoms with Gasteiger partial charge in [-0.1, -0.05) is 31.0 Å². The third-order valence-electron chi connectivity index (χ3n) is 3.00. The molecule has 0 saturated carbocycles. The first-order valence-corrected chi connectivity index (χ1v) is 6.96. The van der Waals surface area contributed by atoms with E-state index in [1.54, 1.807) is 0 Å². The molecule has 1 aromatic rings. The van der Waals surface area contributed by atoms with E-state index in [2.05, 4.69) is 6.92 Å². The van der Waals surface area contributed by atoms with Gasteiger partial charge in [-0.15, -0.1) is 0 Å². The molecule has 1 aromatic carbocycles. The predicted octanol–water partition coefficient (Wildman–Crippen LogP) is 4.62. The Morgan fingerprint density at radius 3 is 2.56 bits per heavy atom. The van der Waals surface area contributed by atoms with Crippen LogP contribution in [0.2, 0.25) is 5.02 Å². The first-order chi connectivity index (χ1) is 8.54. The van der Waals surface area contributed by atoms with E-state index >= 15 is 0 Å². The maximum absolute atomic E-state index is 6.07. The van der Waals surface area contributed by atoms with E-state index in [1.165, 1.54) is 0 Å². The number of unbranched alkanes of at least 4 members (excludes halogenated alkanes) is 1. The van der Waals surface area contributed by atoms with Crippen molar-refractivity contribution in [2.24, 2.45) is 0 Å². The van der Waals surface area contributed by atoms with E-state index in [9.17, 15) is 0 Å². The molecule has 1 rings (SSSR count). The van der Waals surface area contributed by atoms with Gasteiger partial charge in [0.1, 0.15) is 11.9 Å². The third kappa shape index (κ3) is 4.87. The van der Waals surface area contributed by atoms with Crippen LogP contribution >= 0.6 is 11.6 Å². The first-order valence-electron chi connectivity index (χ1n) is 6.59. The van der Waals surface area contributed by atoms with Gasteiger partial charge in [-0.05, 0) is 44.9 Å². The second-order valence-corrected chi connectivity index (χ2v) is 5.07. The SMILES string of the molecule is CCCCO[C@@H](C)[C@@H](C)Oc1ccc(C)c(Cl)c1. The molecular formula is C15H23ClO2. The van der Waals surface area contributed by atoms with Gasteiger partial charge in [-0.25, -0.2) is 0 Å². The largest absolute Gasteiger partial charge is 0.488 e. The van der Waals surface area contributed by atoms with Gasteiger partial charge in [0.25, 0.3) is 0 Å². The minimum atomic E-state index is 0.0145. The molecule has 0 aliphatic carbocycles. The van der Waals surface area contributed by atoms with E-state index in [0.29, 0.717) is 0 Å². The molecule has 0 spiro atoms. The minimum Gasteiger partial charge on any atom is -0.488 e. The fourth-order valence-electron chi connectivity index (χ4n) is 1.51. The zero-order valence-electron chi connectivity index (χ0n) is 11.7. The average Bonchev–Trinajstić information content (AvgIpc) is 2.34. The maximum atomic E-state index is 6.07. The van der Waals surface area contributed by atoms with Gasteiger partial charge in [-0.3, -0.25) is 0 Å². The van der Waals surface area contributed by atoms with Gasteiger partial charge in [0, 0.05) is 11.6 Å². The smallest absolute Gasteiger partial charge is 0.122 e. The van der Waals surface area contributed by atoms with Crippen molar-refractivity contribution in [3.63, 3.8) is 0 Å². The lowest BCUT2D eigenvalue weighted by molar-refractivity contribution is -0.00816. The van der Waals surface area contributed by atoms with E-state index in [-0.39, 0.29) is 12.2 Å². The molecule has 0 heterocycles. The summed E-state index contributed by atoms with van der Waals surface area (Å²) in [7, 11) is 0. The van der Waals surface area contributed by atoms with Crippen molar-refractivity contribution in [2.45, 2.75) is 52.7 Å². The van der Waals surface area contributed by atoms with Crippen molar-refractivity contribution in [3.05, 3.63) is 28.8 Å². The van der Waals surface area contributed by atoms with Crippen LogP contribution in [0, 0.1) is 6.92 Å². The zero-order valence-corrected chi connectivity index (χ0v) is 12.5. The lowest BCUT2D eigenvalue weighted by Gasteiger charge is -2.22. The lowest BCUT2D eigenvalue weighted by atomic mass is 10.2. The maximum Gasteiger partial charge on any atom is 0.122 e. The Labute approximate surface area is 115 Å². The van der Waals surface area contributed by atoms with Crippen molar-refractivity contribution in [3.8, 4) is 5.75 Å². The van der Waals surface area contributed by atoms with Crippen LogP contribution in [-0.2, 0) is 4.74 Å². The lowest BCUT2D eigenvalue weighted by Crippen LogP contribution is -2.29. The monoisotopic (exact) mass is 270 g/mol. The van der Waals surface area contributed by atoms with Crippen molar-refractivity contribution >= 4 is 11.6 Å². The number of hydrogen-bond donors (Lipinski definition) is 0. The summed E-state index contributed by atoms with van der Waals surface area (Å²) in [6.07, 6.45) is 2.33. The Kier molecular flexibility index (Phi) is 6.51. The molecule has 0 bridgehead atoms. The number of hydrogen-bond acceptors (Lipinski definition) is 2.